The normalized spacial score (nSPS) is 14.3. The third-order valence-corrected chi connectivity index (χ3v) is 2.44. The topological polar surface area (TPSA) is 20.2 Å². The Balaban J connectivity index is 2.77. The standard InChI is InChI=1S/C13H15FO/c1-3-4-7-10-13(2,15)11-8-5-6-9-12(11)14/h1,5-6,8-9,15H,4,7,10H2,2H3. The van der Waals surface area contributed by atoms with E-state index in [4.69, 9.17) is 6.42 Å². The zero-order chi connectivity index (χ0) is 11.3. The fourth-order valence-corrected chi connectivity index (χ4v) is 1.57. The summed E-state index contributed by atoms with van der Waals surface area (Å²) in [4.78, 5) is 0. The zero-order valence-corrected chi connectivity index (χ0v) is 8.83. The molecule has 0 saturated carbocycles. The number of unbranched alkanes of at least 4 members (excludes halogenated alkanes) is 1. The van der Waals surface area contributed by atoms with Crippen LogP contribution in [0.15, 0.2) is 24.3 Å². The summed E-state index contributed by atoms with van der Waals surface area (Å²) in [6.45, 7) is 1.61. The molecule has 1 atom stereocenters. The Bertz CT molecular complexity index is 363. The highest BCUT2D eigenvalue weighted by Crippen LogP contribution is 2.28. The van der Waals surface area contributed by atoms with Crippen molar-refractivity contribution in [1.29, 1.82) is 0 Å². The van der Waals surface area contributed by atoms with E-state index < -0.39 is 5.60 Å². The molecule has 1 rings (SSSR count). The molecule has 0 fully saturated rings. The minimum Gasteiger partial charge on any atom is -0.385 e. The first kappa shape index (κ1) is 11.7. The molecule has 0 saturated heterocycles. The van der Waals surface area contributed by atoms with Gasteiger partial charge in [0.2, 0.25) is 0 Å². The van der Waals surface area contributed by atoms with Gasteiger partial charge in [0.1, 0.15) is 5.82 Å². The van der Waals surface area contributed by atoms with Crippen LogP contribution in [0.2, 0.25) is 0 Å². The van der Waals surface area contributed by atoms with Crippen molar-refractivity contribution in [2.24, 2.45) is 0 Å². The van der Waals surface area contributed by atoms with Crippen LogP contribution in [-0.4, -0.2) is 5.11 Å². The van der Waals surface area contributed by atoms with E-state index in [2.05, 4.69) is 5.92 Å². The van der Waals surface area contributed by atoms with Crippen molar-refractivity contribution in [3.05, 3.63) is 35.6 Å². The van der Waals surface area contributed by atoms with Gasteiger partial charge in [-0.25, -0.2) is 4.39 Å². The lowest BCUT2D eigenvalue weighted by Crippen LogP contribution is -2.22. The summed E-state index contributed by atoms with van der Waals surface area (Å²) >= 11 is 0. The zero-order valence-electron chi connectivity index (χ0n) is 8.83. The molecule has 2 heteroatoms. The monoisotopic (exact) mass is 206 g/mol. The smallest absolute Gasteiger partial charge is 0.129 e. The molecule has 0 radical (unpaired) electrons. The second-order valence-electron chi connectivity index (χ2n) is 3.81. The maximum absolute atomic E-state index is 13.4. The van der Waals surface area contributed by atoms with Gasteiger partial charge < -0.3 is 5.11 Å². The van der Waals surface area contributed by atoms with Gasteiger partial charge in [-0.3, -0.25) is 0 Å². The molecule has 0 aliphatic carbocycles. The molecule has 0 heterocycles. The average molecular weight is 206 g/mol. The second-order valence-corrected chi connectivity index (χ2v) is 3.81. The summed E-state index contributed by atoms with van der Waals surface area (Å²) < 4.78 is 13.4. The predicted octanol–water partition coefficient (Wildman–Crippen LogP) is 2.84. The van der Waals surface area contributed by atoms with Crippen LogP contribution in [-0.2, 0) is 5.60 Å². The Kier molecular flexibility index (Phi) is 3.88. The molecule has 1 unspecified atom stereocenters. The van der Waals surface area contributed by atoms with Gasteiger partial charge in [-0.2, -0.15) is 0 Å². The molecule has 0 bridgehead atoms. The molecule has 0 spiro atoms. The molecule has 1 aromatic carbocycles. The largest absolute Gasteiger partial charge is 0.385 e. The van der Waals surface area contributed by atoms with Gasteiger partial charge in [-0.05, 0) is 25.8 Å². The van der Waals surface area contributed by atoms with Gasteiger partial charge in [-0.15, -0.1) is 12.3 Å². The minimum absolute atomic E-state index is 0.335. The number of aliphatic hydroxyl groups is 1. The maximum atomic E-state index is 13.4. The number of halogens is 1. The van der Waals surface area contributed by atoms with Crippen LogP contribution in [0.1, 0.15) is 31.7 Å². The average Bonchev–Trinajstić information content (AvgIpc) is 2.18. The Morgan fingerprint density at radius 3 is 2.73 bits per heavy atom. The van der Waals surface area contributed by atoms with Crippen molar-refractivity contribution in [1.82, 2.24) is 0 Å². The first-order chi connectivity index (χ1) is 7.08. The lowest BCUT2D eigenvalue weighted by atomic mass is 9.90. The predicted molar refractivity (Wildman–Crippen MR) is 58.7 cm³/mol. The molecule has 0 aliphatic rings. The molecule has 0 amide bonds. The molecule has 0 aromatic heterocycles. The lowest BCUT2D eigenvalue weighted by Gasteiger charge is -2.23. The van der Waals surface area contributed by atoms with Crippen molar-refractivity contribution >= 4 is 0 Å². The highest BCUT2D eigenvalue weighted by molar-refractivity contribution is 5.23. The van der Waals surface area contributed by atoms with Gasteiger partial charge in [-0.1, -0.05) is 18.2 Å². The highest BCUT2D eigenvalue weighted by atomic mass is 19.1. The fraction of sp³-hybridized carbons (Fsp3) is 0.385. The van der Waals surface area contributed by atoms with E-state index in [0.29, 0.717) is 24.8 Å². The van der Waals surface area contributed by atoms with Gasteiger partial charge in [0.05, 0.1) is 5.60 Å². The summed E-state index contributed by atoms with van der Waals surface area (Å²) in [5.74, 6) is 2.13. The molecule has 1 aromatic rings. The van der Waals surface area contributed by atoms with Crippen molar-refractivity contribution < 1.29 is 9.50 Å². The van der Waals surface area contributed by atoms with Crippen LogP contribution < -0.4 is 0 Å². The minimum atomic E-state index is -1.14. The summed E-state index contributed by atoms with van der Waals surface area (Å²) in [7, 11) is 0. The summed E-state index contributed by atoms with van der Waals surface area (Å²) in [5.41, 5.74) is -0.802. The fourth-order valence-electron chi connectivity index (χ4n) is 1.57. The third kappa shape index (κ3) is 3.07. The van der Waals surface area contributed by atoms with Crippen LogP contribution >= 0.6 is 0 Å². The first-order valence-electron chi connectivity index (χ1n) is 4.99. The number of terminal acetylenes is 1. The van der Waals surface area contributed by atoms with E-state index in [9.17, 15) is 9.50 Å². The Morgan fingerprint density at radius 1 is 1.47 bits per heavy atom. The van der Waals surface area contributed by atoms with Crippen molar-refractivity contribution in [2.75, 3.05) is 0 Å². The number of rotatable bonds is 4. The lowest BCUT2D eigenvalue weighted by molar-refractivity contribution is 0.0423. The molecular weight excluding hydrogens is 191 g/mol. The summed E-state index contributed by atoms with van der Waals surface area (Å²) in [5, 5.41) is 10.1. The molecular formula is C13H15FO. The van der Waals surface area contributed by atoms with E-state index in [1.165, 1.54) is 6.07 Å². The van der Waals surface area contributed by atoms with E-state index in [1.54, 1.807) is 25.1 Å². The van der Waals surface area contributed by atoms with Crippen LogP contribution in [0.4, 0.5) is 4.39 Å². The molecule has 1 N–H and O–H groups in total. The maximum Gasteiger partial charge on any atom is 0.129 e. The molecule has 15 heavy (non-hydrogen) atoms. The Labute approximate surface area is 89.9 Å². The van der Waals surface area contributed by atoms with Crippen LogP contribution in [0, 0.1) is 18.2 Å². The van der Waals surface area contributed by atoms with Crippen molar-refractivity contribution in [3.8, 4) is 12.3 Å². The van der Waals surface area contributed by atoms with E-state index >= 15 is 0 Å². The molecule has 0 aliphatic heterocycles. The van der Waals surface area contributed by atoms with E-state index in [0.717, 1.165) is 0 Å². The van der Waals surface area contributed by atoms with Gasteiger partial charge in [0.25, 0.3) is 0 Å². The van der Waals surface area contributed by atoms with Gasteiger partial charge in [0, 0.05) is 12.0 Å². The van der Waals surface area contributed by atoms with Gasteiger partial charge in [0.15, 0.2) is 0 Å². The van der Waals surface area contributed by atoms with E-state index in [-0.39, 0.29) is 5.82 Å². The first-order valence-corrected chi connectivity index (χ1v) is 4.99. The van der Waals surface area contributed by atoms with E-state index in [1.807, 2.05) is 0 Å². The molecule has 80 valence electrons. The number of hydrogen-bond acceptors (Lipinski definition) is 1. The van der Waals surface area contributed by atoms with Crippen LogP contribution in [0.3, 0.4) is 0 Å². The van der Waals surface area contributed by atoms with Crippen LogP contribution in [0.25, 0.3) is 0 Å². The Morgan fingerprint density at radius 2 is 2.13 bits per heavy atom. The third-order valence-electron chi connectivity index (χ3n) is 2.44. The SMILES string of the molecule is C#CCCCC(C)(O)c1ccccc1F. The Hall–Kier alpha value is -1.33. The van der Waals surface area contributed by atoms with Crippen molar-refractivity contribution in [2.45, 2.75) is 31.8 Å². The highest BCUT2D eigenvalue weighted by Gasteiger charge is 2.25. The number of hydrogen-bond donors (Lipinski definition) is 1. The quantitative estimate of drug-likeness (QED) is 0.593. The molecule has 1 nitrogen and oxygen atoms in total. The van der Waals surface area contributed by atoms with Crippen LogP contribution in [0.5, 0.6) is 0 Å². The van der Waals surface area contributed by atoms with Crippen molar-refractivity contribution in [3.63, 3.8) is 0 Å². The number of benzene rings is 1. The second kappa shape index (κ2) is 4.95. The summed E-state index contributed by atoms with van der Waals surface area (Å²) in [6, 6.07) is 6.28. The van der Waals surface area contributed by atoms with Gasteiger partial charge >= 0.3 is 0 Å². The summed E-state index contributed by atoms with van der Waals surface area (Å²) in [6.07, 6.45) is 6.89.